The summed E-state index contributed by atoms with van der Waals surface area (Å²) in [4.78, 5) is 14.8. The summed E-state index contributed by atoms with van der Waals surface area (Å²) in [5.74, 6) is 0.725. The number of hydrogen-bond donors (Lipinski definition) is 2. The molecule has 0 radical (unpaired) electrons. The molecule has 6 rings (SSSR count). The molecule has 0 saturated heterocycles. The van der Waals surface area contributed by atoms with Gasteiger partial charge in [0.05, 0.1) is 5.56 Å². The zero-order chi connectivity index (χ0) is 22.0. The van der Waals surface area contributed by atoms with Crippen molar-refractivity contribution < 1.29 is 4.79 Å². The lowest BCUT2D eigenvalue weighted by Crippen LogP contribution is -2.38. The van der Waals surface area contributed by atoms with Crippen LogP contribution in [0.5, 0.6) is 0 Å². The van der Waals surface area contributed by atoms with Crippen LogP contribution in [0.4, 0.5) is 5.00 Å². The van der Waals surface area contributed by atoms with Crippen LogP contribution in [0.25, 0.3) is 21.5 Å². The van der Waals surface area contributed by atoms with E-state index in [1.165, 1.54) is 32.0 Å². The summed E-state index contributed by atoms with van der Waals surface area (Å²) in [6.45, 7) is 7.01. The number of carbonyl (C=O) groups is 1. The van der Waals surface area contributed by atoms with Gasteiger partial charge in [-0.15, -0.1) is 11.3 Å². The molecular formula is C28H28N2OS. The second-order valence-electron chi connectivity index (χ2n) is 10.3. The van der Waals surface area contributed by atoms with Gasteiger partial charge in [-0.3, -0.25) is 4.79 Å². The predicted molar refractivity (Wildman–Crippen MR) is 135 cm³/mol. The number of benzene rings is 3. The summed E-state index contributed by atoms with van der Waals surface area (Å²) in [5.41, 5.74) is 3.61. The van der Waals surface area contributed by atoms with Crippen LogP contribution >= 0.6 is 11.3 Å². The zero-order valence-electron chi connectivity index (χ0n) is 18.8. The Balaban J connectivity index is 1.46. The Labute approximate surface area is 192 Å². The zero-order valence-corrected chi connectivity index (χ0v) is 19.6. The number of amides is 1. The van der Waals surface area contributed by atoms with Crippen molar-refractivity contribution in [2.75, 3.05) is 5.32 Å². The SMILES string of the molecule is CC(C)(C)[C@@H]1CCc2c(sc3c2C(=O)N[C@H](c2c4ccccc4cc4ccccc24)N3)C1. The standard InChI is InChI=1S/C28H28N2OS/c1-28(2,3)18-12-13-21-22(15-18)32-27-24(21)26(31)29-25(30-27)23-19-10-6-4-8-16(19)14-17-9-5-7-11-20(17)23/h4-11,14,18,25,30H,12-13,15H2,1-3H3,(H,29,31)/t18-,25+/m1/s1. The van der Waals surface area contributed by atoms with Crippen molar-refractivity contribution in [2.24, 2.45) is 11.3 Å². The third-order valence-electron chi connectivity index (χ3n) is 7.37. The average molecular weight is 441 g/mol. The Hall–Kier alpha value is -2.85. The van der Waals surface area contributed by atoms with E-state index >= 15 is 0 Å². The minimum Gasteiger partial charge on any atom is -0.353 e. The fraction of sp³-hybridized carbons (Fsp3) is 0.321. The van der Waals surface area contributed by atoms with E-state index in [-0.39, 0.29) is 12.1 Å². The average Bonchev–Trinajstić information content (AvgIpc) is 3.15. The van der Waals surface area contributed by atoms with Gasteiger partial charge in [-0.05, 0) is 63.8 Å². The van der Waals surface area contributed by atoms with Crippen LogP contribution in [-0.4, -0.2) is 5.91 Å². The first-order valence-electron chi connectivity index (χ1n) is 11.5. The van der Waals surface area contributed by atoms with Gasteiger partial charge < -0.3 is 10.6 Å². The molecule has 0 fully saturated rings. The minimum atomic E-state index is -0.246. The van der Waals surface area contributed by atoms with Gasteiger partial charge in [-0.1, -0.05) is 69.3 Å². The molecule has 3 aromatic carbocycles. The van der Waals surface area contributed by atoms with Crippen LogP contribution in [0.1, 0.15) is 59.7 Å². The molecule has 4 heteroatoms. The lowest BCUT2D eigenvalue weighted by Gasteiger charge is -2.34. The summed E-state index contributed by atoms with van der Waals surface area (Å²) in [5, 5.41) is 12.8. The highest BCUT2D eigenvalue weighted by Crippen LogP contribution is 2.46. The Morgan fingerprint density at radius 1 is 0.938 bits per heavy atom. The van der Waals surface area contributed by atoms with Crippen molar-refractivity contribution in [1.82, 2.24) is 5.32 Å². The van der Waals surface area contributed by atoms with Gasteiger partial charge in [0.2, 0.25) is 0 Å². The minimum absolute atomic E-state index is 0.0625. The van der Waals surface area contributed by atoms with Crippen LogP contribution in [0.3, 0.4) is 0 Å². The number of nitrogens with one attached hydrogen (secondary N) is 2. The maximum absolute atomic E-state index is 13.4. The van der Waals surface area contributed by atoms with Crippen molar-refractivity contribution in [3.63, 3.8) is 0 Å². The van der Waals surface area contributed by atoms with Crippen LogP contribution < -0.4 is 10.6 Å². The molecule has 1 amide bonds. The van der Waals surface area contributed by atoms with Crippen molar-refractivity contribution in [3.8, 4) is 0 Å². The molecule has 1 aliphatic carbocycles. The largest absolute Gasteiger partial charge is 0.353 e. The molecule has 0 saturated carbocycles. The smallest absolute Gasteiger partial charge is 0.256 e. The maximum atomic E-state index is 13.4. The van der Waals surface area contributed by atoms with Gasteiger partial charge >= 0.3 is 0 Å². The van der Waals surface area contributed by atoms with E-state index in [0.29, 0.717) is 11.3 Å². The van der Waals surface area contributed by atoms with Gasteiger partial charge in [0.25, 0.3) is 5.91 Å². The maximum Gasteiger partial charge on any atom is 0.256 e. The molecule has 162 valence electrons. The van der Waals surface area contributed by atoms with Gasteiger partial charge in [0.15, 0.2) is 0 Å². The van der Waals surface area contributed by atoms with Crippen LogP contribution in [0.15, 0.2) is 54.6 Å². The molecule has 4 aromatic rings. The molecular weight excluding hydrogens is 412 g/mol. The van der Waals surface area contributed by atoms with Gasteiger partial charge in [-0.2, -0.15) is 0 Å². The van der Waals surface area contributed by atoms with Crippen molar-refractivity contribution >= 4 is 43.8 Å². The predicted octanol–water partition coefficient (Wildman–Crippen LogP) is 7.06. The number of fused-ring (bicyclic) bond motifs is 5. The lowest BCUT2D eigenvalue weighted by atomic mass is 9.72. The van der Waals surface area contributed by atoms with Crippen molar-refractivity contribution in [2.45, 2.75) is 46.2 Å². The van der Waals surface area contributed by atoms with Gasteiger partial charge in [0.1, 0.15) is 11.2 Å². The number of rotatable bonds is 1. The highest BCUT2D eigenvalue weighted by molar-refractivity contribution is 7.16. The molecule has 32 heavy (non-hydrogen) atoms. The fourth-order valence-corrected chi connectivity index (χ4v) is 6.89. The third kappa shape index (κ3) is 3.04. The second-order valence-corrected chi connectivity index (χ2v) is 11.4. The van der Waals surface area contributed by atoms with E-state index in [0.717, 1.165) is 35.4 Å². The highest BCUT2D eigenvalue weighted by Gasteiger charge is 2.37. The van der Waals surface area contributed by atoms with E-state index in [1.807, 2.05) is 0 Å². The molecule has 0 unspecified atom stereocenters. The normalized spacial score (nSPS) is 20.5. The molecule has 3 nitrogen and oxygen atoms in total. The van der Waals surface area contributed by atoms with E-state index in [4.69, 9.17) is 0 Å². The second kappa shape index (κ2) is 7.08. The Morgan fingerprint density at radius 3 is 2.25 bits per heavy atom. The number of carbonyl (C=O) groups excluding carboxylic acids is 1. The van der Waals surface area contributed by atoms with E-state index in [2.05, 4.69) is 86.0 Å². The summed E-state index contributed by atoms with van der Waals surface area (Å²) in [6, 6.07) is 19.2. The topological polar surface area (TPSA) is 41.1 Å². The fourth-order valence-electron chi connectivity index (χ4n) is 5.54. The Bertz CT molecular complexity index is 1320. The van der Waals surface area contributed by atoms with Crippen LogP contribution in [0.2, 0.25) is 0 Å². The summed E-state index contributed by atoms with van der Waals surface area (Å²) < 4.78 is 0. The van der Waals surface area contributed by atoms with Crippen molar-refractivity contribution in [3.05, 3.63) is 76.2 Å². The van der Waals surface area contributed by atoms with Crippen LogP contribution in [0, 0.1) is 11.3 Å². The molecule has 0 bridgehead atoms. The monoisotopic (exact) mass is 440 g/mol. The molecule has 2 N–H and O–H groups in total. The van der Waals surface area contributed by atoms with E-state index in [1.54, 1.807) is 11.3 Å². The van der Waals surface area contributed by atoms with Gasteiger partial charge in [0, 0.05) is 10.4 Å². The van der Waals surface area contributed by atoms with E-state index in [9.17, 15) is 4.79 Å². The Kier molecular flexibility index (Phi) is 4.38. The quantitative estimate of drug-likeness (QED) is 0.311. The highest BCUT2D eigenvalue weighted by atomic mass is 32.1. The van der Waals surface area contributed by atoms with Gasteiger partial charge in [-0.25, -0.2) is 0 Å². The Morgan fingerprint density at radius 2 is 1.59 bits per heavy atom. The molecule has 1 aliphatic heterocycles. The first-order valence-corrected chi connectivity index (χ1v) is 12.3. The summed E-state index contributed by atoms with van der Waals surface area (Å²) in [6.07, 6.45) is 2.99. The van der Waals surface area contributed by atoms with Crippen molar-refractivity contribution in [1.29, 1.82) is 0 Å². The number of anilines is 1. The molecule has 2 atom stereocenters. The van der Waals surface area contributed by atoms with E-state index < -0.39 is 0 Å². The number of thiophene rings is 1. The molecule has 2 aliphatic rings. The first-order chi connectivity index (χ1) is 15.4. The number of hydrogen-bond acceptors (Lipinski definition) is 3. The molecule has 1 aromatic heterocycles. The molecule has 0 spiro atoms. The first kappa shape index (κ1) is 19.8. The molecule has 2 heterocycles. The lowest BCUT2D eigenvalue weighted by molar-refractivity contribution is 0.0935. The summed E-state index contributed by atoms with van der Waals surface area (Å²) in [7, 11) is 0. The van der Waals surface area contributed by atoms with Crippen LogP contribution in [-0.2, 0) is 12.8 Å². The third-order valence-corrected chi connectivity index (χ3v) is 8.56. The summed E-state index contributed by atoms with van der Waals surface area (Å²) >= 11 is 1.80.